The Morgan fingerprint density at radius 1 is 0.364 bits per heavy atom. The largest absolute Gasteiger partial charge is 0.354 e. The first-order chi connectivity index (χ1) is 31.2. The fourth-order valence-corrected chi connectivity index (χ4v) is 9.01. The first-order valence-electron chi connectivity index (χ1n) is 23.2. The van der Waals surface area contributed by atoms with Crippen LogP contribution in [-0.4, -0.2) is 19.9 Å². The standard InChI is InChI=1S/C61H61N5/c1-58(2,3)42-30-40(31-43(34-42)59(4,5)6)56-50-26-22-46(63-50)54(38-16-14-13-15-17-38)47-23-27-51(64-47)57(41-32-44(60(7,8)9)35-45(33-41)61(10,11)12)53-29-25-49(66-53)55(48-24-28-52(56)65-48)39-20-18-37(36-62)19-21-39/h13-35,63,66H,1-12H3. The molecule has 0 amide bonds. The van der Waals surface area contributed by atoms with Gasteiger partial charge < -0.3 is 9.97 Å². The third-order valence-corrected chi connectivity index (χ3v) is 13.0. The summed E-state index contributed by atoms with van der Waals surface area (Å²) in [6, 6.07) is 43.7. The zero-order chi connectivity index (χ0) is 46.9. The van der Waals surface area contributed by atoms with E-state index in [-0.39, 0.29) is 21.7 Å². The van der Waals surface area contributed by atoms with Gasteiger partial charge >= 0.3 is 0 Å². The van der Waals surface area contributed by atoms with Gasteiger partial charge in [0.05, 0.1) is 34.4 Å². The van der Waals surface area contributed by atoms with Crippen LogP contribution in [0.15, 0.2) is 115 Å². The predicted molar refractivity (Wildman–Crippen MR) is 280 cm³/mol. The minimum Gasteiger partial charge on any atom is -0.354 e. The molecule has 0 saturated carbocycles. The van der Waals surface area contributed by atoms with Gasteiger partial charge in [-0.1, -0.05) is 162 Å². The van der Waals surface area contributed by atoms with Crippen molar-refractivity contribution in [2.45, 2.75) is 105 Å². The predicted octanol–water partition coefficient (Wildman–Crippen LogP) is 16.4. The maximum absolute atomic E-state index is 9.82. The summed E-state index contributed by atoms with van der Waals surface area (Å²) in [7, 11) is 0. The minimum absolute atomic E-state index is 0.0874. The molecule has 2 N–H and O–H groups in total. The van der Waals surface area contributed by atoms with E-state index in [0.29, 0.717) is 5.56 Å². The smallest absolute Gasteiger partial charge is 0.0991 e. The average molecular weight is 864 g/mol. The molecule has 0 aliphatic carbocycles. The molecule has 2 aliphatic heterocycles. The van der Waals surface area contributed by atoms with E-state index in [1.807, 2.05) is 24.3 Å². The Hall–Kier alpha value is -7.03. The van der Waals surface area contributed by atoms with Gasteiger partial charge in [0, 0.05) is 44.3 Å². The van der Waals surface area contributed by atoms with Crippen molar-refractivity contribution in [1.82, 2.24) is 19.9 Å². The van der Waals surface area contributed by atoms with Gasteiger partial charge in [0.25, 0.3) is 0 Å². The Labute approximate surface area is 391 Å². The van der Waals surface area contributed by atoms with Crippen molar-refractivity contribution < 1.29 is 0 Å². The normalized spacial score (nSPS) is 13.0. The van der Waals surface area contributed by atoms with E-state index in [1.54, 1.807) is 0 Å². The maximum atomic E-state index is 9.82. The van der Waals surface area contributed by atoms with E-state index in [9.17, 15) is 5.26 Å². The Morgan fingerprint density at radius 3 is 0.970 bits per heavy atom. The maximum Gasteiger partial charge on any atom is 0.0991 e. The van der Waals surface area contributed by atoms with Crippen LogP contribution in [0.5, 0.6) is 0 Å². The lowest BCUT2D eigenvalue weighted by Crippen LogP contribution is -2.16. The summed E-state index contributed by atoms with van der Waals surface area (Å²) in [4.78, 5) is 19.1. The van der Waals surface area contributed by atoms with Gasteiger partial charge in [0.2, 0.25) is 0 Å². The molecular weight excluding hydrogens is 803 g/mol. The molecule has 0 fully saturated rings. The summed E-state index contributed by atoms with van der Waals surface area (Å²) >= 11 is 0. The molecule has 0 saturated heterocycles. The lowest BCUT2D eigenvalue weighted by molar-refractivity contribution is 0.568. The first kappa shape index (κ1) is 44.2. The molecule has 5 heteroatoms. The fraction of sp³-hybridized carbons (Fsp3) is 0.262. The lowest BCUT2D eigenvalue weighted by atomic mass is 9.78. The lowest BCUT2D eigenvalue weighted by Gasteiger charge is -2.26. The molecule has 9 rings (SSSR count). The molecule has 4 aromatic carbocycles. The number of hydrogen-bond donors (Lipinski definition) is 2. The van der Waals surface area contributed by atoms with Gasteiger partial charge in [-0.25, -0.2) is 9.97 Å². The quantitative estimate of drug-likeness (QED) is 0.185. The minimum atomic E-state index is -0.0874. The van der Waals surface area contributed by atoms with Crippen molar-refractivity contribution in [1.29, 1.82) is 5.26 Å². The summed E-state index contributed by atoms with van der Waals surface area (Å²) in [6.45, 7) is 27.4. The number of fused-ring (bicyclic) bond motifs is 8. The van der Waals surface area contributed by atoms with Crippen molar-refractivity contribution >= 4 is 46.4 Å². The van der Waals surface area contributed by atoms with E-state index in [0.717, 1.165) is 89.4 Å². The number of aromatic nitrogens is 4. The fourth-order valence-electron chi connectivity index (χ4n) is 9.01. The van der Waals surface area contributed by atoms with Crippen molar-refractivity contribution in [3.63, 3.8) is 0 Å². The van der Waals surface area contributed by atoms with Crippen LogP contribution in [-0.2, 0) is 21.7 Å². The van der Waals surface area contributed by atoms with Gasteiger partial charge in [-0.15, -0.1) is 0 Å². The van der Waals surface area contributed by atoms with Crippen LogP contribution >= 0.6 is 0 Å². The van der Waals surface area contributed by atoms with E-state index in [4.69, 9.17) is 9.97 Å². The second kappa shape index (κ2) is 16.1. The molecule has 66 heavy (non-hydrogen) atoms. The van der Waals surface area contributed by atoms with Crippen LogP contribution in [0.25, 0.3) is 90.9 Å². The molecule has 0 unspecified atom stereocenters. The third-order valence-electron chi connectivity index (χ3n) is 13.0. The van der Waals surface area contributed by atoms with Crippen molar-refractivity contribution in [2.75, 3.05) is 0 Å². The summed E-state index contributed by atoms with van der Waals surface area (Å²) in [5, 5.41) is 9.82. The highest BCUT2D eigenvalue weighted by molar-refractivity contribution is 6.00. The molecular formula is C61H61N5. The van der Waals surface area contributed by atoms with E-state index in [2.05, 4.69) is 214 Å². The molecule has 3 aromatic heterocycles. The van der Waals surface area contributed by atoms with Crippen molar-refractivity contribution in [3.8, 4) is 50.6 Å². The topological polar surface area (TPSA) is 81.2 Å². The Bertz CT molecular complexity index is 3180. The second-order valence-corrected chi connectivity index (χ2v) is 22.2. The van der Waals surface area contributed by atoms with Gasteiger partial charge in [0.1, 0.15) is 0 Å². The zero-order valence-corrected chi connectivity index (χ0v) is 40.6. The van der Waals surface area contributed by atoms with Gasteiger partial charge in [-0.05, 0) is 127 Å². The number of H-pyrrole nitrogens is 2. The Morgan fingerprint density at radius 2 is 0.667 bits per heavy atom. The summed E-state index contributed by atoms with van der Waals surface area (Å²) < 4.78 is 0. The molecule has 8 bridgehead atoms. The molecule has 0 radical (unpaired) electrons. The summed E-state index contributed by atoms with van der Waals surface area (Å²) in [5.74, 6) is 0. The number of rotatable bonds is 4. The number of nitrogens with one attached hydrogen (secondary N) is 2. The van der Waals surface area contributed by atoms with Crippen LogP contribution in [0.4, 0.5) is 0 Å². The van der Waals surface area contributed by atoms with Crippen LogP contribution in [0.2, 0.25) is 0 Å². The SMILES string of the molecule is CC(C)(C)c1cc(-c2c3nc(c(-c4ccc(C#N)cc4)c4ccc([nH]4)c(-c4cc(C(C)(C)C)cc(C(C)(C)C)c4)c4nc(c(-c5ccccc5)c5ccc2[nH]5)C=C4)C=C3)cc(C(C)(C)C)c1. The van der Waals surface area contributed by atoms with Gasteiger partial charge in [-0.3, -0.25) is 0 Å². The molecule has 0 spiro atoms. The average Bonchev–Trinajstić information content (AvgIpc) is 4.11. The number of hydrogen-bond acceptors (Lipinski definition) is 3. The Balaban J connectivity index is 1.49. The van der Waals surface area contributed by atoms with Crippen molar-refractivity contribution in [2.24, 2.45) is 0 Å². The Kier molecular flexibility index (Phi) is 10.8. The molecule has 2 aliphatic rings. The summed E-state index contributed by atoms with van der Waals surface area (Å²) in [5.41, 5.74) is 20.9. The number of aromatic amines is 2. The van der Waals surface area contributed by atoms with E-state index < -0.39 is 0 Å². The van der Waals surface area contributed by atoms with Crippen LogP contribution < -0.4 is 0 Å². The monoisotopic (exact) mass is 863 g/mol. The highest BCUT2D eigenvalue weighted by atomic mass is 14.8. The summed E-state index contributed by atoms with van der Waals surface area (Å²) in [6.07, 6.45) is 8.65. The number of benzene rings is 4. The van der Waals surface area contributed by atoms with Crippen LogP contribution in [0, 0.1) is 11.3 Å². The molecule has 330 valence electrons. The van der Waals surface area contributed by atoms with Crippen LogP contribution in [0.1, 0.15) is 134 Å². The number of nitriles is 1. The molecule has 0 atom stereocenters. The molecule has 7 aromatic rings. The zero-order valence-electron chi connectivity index (χ0n) is 40.6. The molecule has 5 nitrogen and oxygen atoms in total. The van der Waals surface area contributed by atoms with E-state index in [1.165, 1.54) is 22.3 Å². The second-order valence-electron chi connectivity index (χ2n) is 22.2. The van der Waals surface area contributed by atoms with Gasteiger partial charge in [-0.2, -0.15) is 5.26 Å². The first-order valence-corrected chi connectivity index (χ1v) is 23.2. The molecule has 5 heterocycles. The van der Waals surface area contributed by atoms with Crippen molar-refractivity contribution in [3.05, 3.63) is 166 Å². The van der Waals surface area contributed by atoms with Crippen LogP contribution in [0.3, 0.4) is 0 Å². The van der Waals surface area contributed by atoms with Gasteiger partial charge in [0.15, 0.2) is 0 Å². The highest BCUT2D eigenvalue weighted by Crippen LogP contribution is 2.42. The highest BCUT2D eigenvalue weighted by Gasteiger charge is 2.26. The third kappa shape index (κ3) is 8.49. The number of nitrogens with zero attached hydrogens (tertiary/aromatic N) is 3. The van der Waals surface area contributed by atoms with E-state index >= 15 is 0 Å².